The molecule has 2 aromatic carbocycles. The van der Waals surface area contributed by atoms with Gasteiger partial charge in [-0.1, -0.05) is 29.8 Å². The number of primary amides is 1. The zero-order chi connectivity index (χ0) is 25.2. The van der Waals surface area contributed by atoms with E-state index in [4.69, 9.17) is 26.8 Å². The van der Waals surface area contributed by atoms with Crippen LogP contribution in [-0.4, -0.2) is 46.6 Å². The molecule has 0 saturated carbocycles. The molecule has 7 nitrogen and oxygen atoms in total. The van der Waals surface area contributed by atoms with Crippen LogP contribution in [0.1, 0.15) is 46.7 Å². The van der Waals surface area contributed by atoms with Crippen molar-refractivity contribution in [2.24, 2.45) is 5.73 Å². The second-order valence-corrected chi connectivity index (χ2v) is 10.6. The normalized spacial score (nSPS) is 15.9. The molecule has 0 aliphatic carbocycles. The van der Waals surface area contributed by atoms with E-state index in [0.717, 1.165) is 58.8 Å². The number of hydrogen-bond donors (Lipinski definition) is 1. The first-order valence-electron chi connectivity index (χ1n) is 12.0. The Kier molecular flexibility index (Phi) is 7.29. The van der Waals surface area contributed by atoms with E-state index in [1.54, 1.807) is 6.33 Å². The Labute approximate surface area is 219 Å². The molecule has 0 spiro atoms. The van der Waals surface area contributed by atoms with Gasteiger partial charge in [-0.15, -0.1) is 11.3 Å². The van der Waals surface area contributed by atoms with Gasteiger partial charge in [0.2, 0.25) is 0 Å². The lowest BCUT2D eigenvalue weighted by atomic mass is 10.1. The molecular weight excluding hydrogens is 496 g/mol. The zero-order valence-electron chi connectivity index (χ0n) is 20.3. The highest BCUT2D eigenvalue weighted by Gasteiger charge is 2.20. The third kappa shape index (κ3) is 5.27. The summed E-state index contributed by atoms with van der Waals surface area (Å²) in [7, 11) is 2.14. The summed E-state index contributed by atoms with van der Waals surface area (Å²) >= 11 is 7.64. The lowest BCUT2D eigenvalue weighted by molar-refractivity contribution is 0.0522. The number of piperidine rings is 1. The molecule has 2 aromatic heterocycles. The molecular formula is C27H29ClN4O3S. The maximum atomic E-state index is 12.2. The summed E-state index contributed by atoms with van der Waals surface area (Å²) in [5.74, 6) is 0.341. The maximum absolute atomic E-state index is 12.2. The van der Waals surface area contributed by atoms with Gasteiger partial charge in [0, 0.05) is 29.7 Å². The fourth-order valence-electron chi connectivity index (χ4n) is 4.49. The smallest absolute Gasteiger partial charge is 0.259 e. The average molecular weight is 525 g/mol. The van der Waals surface area contributed by atoms with Crippen LogP contribution in [-0.2, 0) is 11.3 Å². The molecule has 0 bridgehead atoms. The van der Waals surface area contributed by atoms with Crippen LogP contribution in [0.25, 0.3) is 16.0 Å². The first-order valence-corrected chi connectivity index (χ1v) is 13.2. The number of likely N-dealkylation sites (tertiary alicyclic amines) is 1. The van der Waals surface area contributed by atoms with Crippen molar-refractivity contribution in [3.05, 3.63) is 75.9 Å². The number of rotatable bonds is 8. The van der Waals surface area contributed by atoms with Crippen molar-refractivity contribution in [1.29, 1.82) is 0 Å². The number of aromatic nitrogens is 2. The van der Waals surface area contributed by atoms with Gasteiger partial charge < -0.3 is 20.1 Å². The second-order valence-electron chi connectivity index (χ2n) is 9.16. The fourth-order valence-corrected chi connectivity index (χ4v) is 5.78. The van der Waals surface area contributed by atoms with Crippen molar-refractivity contribution in [3.63, 3.8) is 0 Å². The molecule has 4 aromatic rings. The van der Waals surface area contributed by atoms with Gasteiger partial charge in [0.1, 0.15) is 23.2 Å². The van der Waals surface area contributed by atoms with Gasteiger partial charge in [-0.2, -0.15) is 0 Å². The highest BCUT2D eigenvalue weighted by molar-refractivity contribution is 7.16. The Morgan fingerprint density at radius 2 is 2.00 bits per heavy atom. The molecule has 1 unspecified atom stereocenters. The number of imidazole rings is 1. The van der Waals surface area contributed by atoms with Gasteiger partial charge in [-0.25, -0.2) is 4.98 Å². The number of hydrogen-bond acceptors (Lipinski definition) is 6. The molecule has 1 saturated heterocycles. The van der Waals surface area contributed by atoms with Crippen molar-refractivity contribution < 1.29 is 14.3 Å². The van der Waals surface area contributed by atoms with E-state index in [1.165, 1.54) is 11.3 Å². The summed E-state index contributed by atoms with van der Waals surface area (Å²) in [6.45, 7) is 4.25. The molecule has 9 heteroatoms. The van der Waals surface area contributed by atoms with Crippen molar-refractivity contribution in [1.82, 2.24) is 14.5 Å². The SMILES string of the molecule is CC(OCc1cc(-n2cnc3ccc(OC4CCN(C)CC4)cc32)sc1C(N)=O)c1ccccc1Cl. The molecule has 1 atom stereocenters. The number of nitrogens with zero attached hydrogens (tertiary/aromatic N) is 3. The second kappa shape index (κ2) is 10.6. The maximum Gasteiger partial charge on any atom is 0.259 e. The minimum Gasteiger partial charge on any atom is -0.490 e. The van der Waals surface area contributed by atoms with Crippen molar-refractivity contribution >= 4 is 39.9 Å². The third-order valence-electron chi connectivity index (χ3n) is 6.58. The van der Waals surface area contributed by atoms with Gasteiger partial charge in [0.05, 0.1) is 28.6 Å². The highest BCUT2D eigenvalue weighted by Crippen LogP contribution is 2.32. The van der Waals surface area contributed by atoms with Crippen LogP contribution in [0.15, 0.2) is 54.9 Å². The van der Waals surface area contributed by atoms with E-state index in [9.17, 15) is 4.79 Å². The largest absolute Gasteiger partial charge is 0.490 e. The number of benzene rings is 2. The molecule has 1 aliphatic rings. The van der Waals surface area contributed by atoms with E-state index in [2.05, 4.69) is 16.9 Å². The summed E-state index contributed by atoms with van der Waals surface area (Å²) in [6, 6.07) is 15.5. The van der Waals surface area contributed by atoms with Crippen molar-refractivity contribution in [3.8, 4) is 10.8 Å². The van der Waals surface area contributed by atoms with Crippen molar-refractivity contribution in [2.75, 3.05) is 20.1 Å². The number of carbonyl (C=O) groups is 1. The molecule has 1 fully saturated rings. The van der Waals surface area contributed by atoms with Gasteiger partial charge in [0.15, 0.2) is 0 Å². The van der Waals surface area contributed by atoms with Crippen LogP contribution in [0.3, 0.4) is 0 Å². The van der Waals surface area contributed by atoms with Crippen LogP contribution < -0.4 is 10.5 Å². The number of amides is 1. The van der Waals surface area contributed by atoms with E-state index in [0.29, 0.717) is 9.90 Å². The topological polar surface area (TPSA) is 82.6 Å². The first kappa shape index (κ1) is 24.8. The minimum atomic E-state index is -0.481. The predicted molar refractivity (Wildman–Crippen MR) is 143 cm³/mol. The summed E-state index contributed by atoms with van der Waals surface area (Å²) < 4.78 is 14.3. The molecule has 5 rings (SSSR count). The minimum absolute atomic E-state index is 0.210. The Morgan fingerprint density at radius 3 is 2.75 bits per heavy atom. The van der Waals surface area contributed by atoms with Gasteiger partial charge in [-0.05, 0) is 56.6 Å². The molecule has 2 N–H and O–H groups in total. The quantitative estimate of drug-likeness (QED) is 0.325. The van der Waals surface area contributed by atoms with Gasteiger partial charge >= 0.3 is 0 Å². The number of halogens is 1. The van der Waals surface area contributed by atoms with Crippen LogP contribution in [0, 0.1) is 0 Å². The molecule has 1 amide bonds. The number of nitrogens with two attached hydrogens (primary N) is 1. The summed E-state index contributed by atoms with van der Waals surface area (Å²) in [5, 5.41) is 1.49. The summed E-state index contributed by atoms with van der Waals surface area (Å²) in [6.07, 6.45) is 3.75. The Balaban J connectivity index is 1.38. The first-order chi connectivity index (χ1) is 17.4. The monoisotopic (exact) mass is 524 g/mol. The van der Waals surface area contributed by atoms with Crippen molar-refractivity contribution in [2.45, 2.75) is 38.6 Å². The van der Waals surface area contributed by atoms with Crippen LogP contribution in [0.5, 0.6) is 5.75 Å². The van der Waals surface area contributed by atoms with Gasteiger partial charge in [0.25, 0.3) is 5.91 Å². The summed E-state index contributed by atoms with van der Waals surface area (Å²) in [5.41, 5.74) is 9.12. The number of carbonyl (C=O) groups excluding carboxylic acids is 1. The standard InChI is InChI=1S/C27H29ClN4O3S/c1-17(21-5-3-4-6-22(21)28)34-15-18-13-25(36-26(18)27(29)33)32-16-30-23-8-7-20(14-24(23)32)35-19-9-11-31(2)12-10-19/h3-8,13-14,16-17,19H,9-12,15H2,1-2H3,(H2,29,33). The predicted octanol–water partition coefficient (Wildman–Crippen LogP) is 5.59. The molecule has 1 aliphatic heterocycles. The number of fused-ring (bicyclic) bond motifs is 1. The van der Waals surface area contributed by atoms with E-state index in [1.807, 2.05) is 60.0 Å². The lowest BCUT2D eigenvalue weighted by Crippen LogP contribution is -2.35. The zero-order valence-corrected chi connectivity index (χ0v) is 21.9. The Hall–Kier alpha value is -2.91. The van der Waals surface area contributed by atoms with Crippen LogP contribution >= 0.6 is 22.9 Å². The number of ether oxygens (including phenoxy) is 2. The van der Waals surface area contributed by atoms with E-state index in [-0.39, 0.29) is 18.8 Å². The fraction of sp³-hybridized carbons (Fsp3) is 0.333. The Bertz CT molecular complexity index is 1380. The highest BCUT2D eigenvalue weighted by atomic mass is 35.5. The molecule has 36 heavy (non-hydrogen) atoms. The van der Waals surface area contributed by atoms with E-state index >= 15 is 0 Å². The van der Waals surface area contributed by atoms with Gasteiger partial charge in [-0.3, -0.25) is 9.36 Å². The lowest BCUT2D eigenvalue weighted by Gasteiger charge is -2.29. The molecule has 188 valence electrons. The molecule has 3 heterocycles. The van der Waals surface area contributed by atoms with Crippen LogP contribution in [0.2, 0.25) is 5.02 Å². The Morgan fingerprint density at radius 1 is 1.22 bits per heavy atom. The number of thiophene rings is 1. The van der Waals surface area contributed by atoms with E-state index < -0.39 is 5.91 Å². The third-order valence-corrected chi connectivity index (χ3v) is 8.11. The average Bonchev–Trinajstić information content (AvgIpc) is 3.48. The summed E-state index contributed by atoms with van der Waals surface area (Å²) in [4.78, 5) is 19.6. The molecule has 0 radical (unpaired) electrons. The van der Waals surface area contributed by atoms with Crippen LogP contribution in [0.4, 0.5) is 0 Å².